The second-order valence-electron chi connectivity index (χ2n) is 4.95. The Hall–Kier alpha value is -3.77. The maximum Gasteiger partial charge on any atom is 0.453 e. The Kier molecular flexibility index (Phi) is 3.90. The standard InChI is InChI=1S/C13H7F3N6O4/c14-13(15,16)11-19-12-18-9(23)5-8(21(12)20-11)17-10(24)6-2-1-3-7(4-6)22(25)26/h1-5H,(H,17,24)(H,18,19,20,23). The van der Waals surface area contributed by atoms with Crippen LogP contribution in [0.4, 0.5) is 24.7 Å². The fourth-order valence-electron chi connectivity index (χ4n) is 2.05. The van der Waals surface area contributed by atoms with Gasteiger partial charge in [-0.25, -0.2) is 0 Å². The Balaban J connectivity index is 2.01. The van der Waals surface area contributed by atoms with E-state index in [0.717, 1.165) is 18.2 Å². The lowest BCUT2D eigenvalue weighted by molar-refractivity contribution is -0.384. The molecule has 2 aromatic heterocycles. The van der Waals surface area contributed by atoms with E-state index in [4.69, 9.17) is 0 Å². The van der Waals surface area contributed by atoms with Gasteiger partial charge in [0.05, 0.1) is 4.92 Å². The second kappa shape index (κ2) is 5.94. The third-order valence-corrected chi connectivity index (χ3v) is 3.15. The van der Waals surface area contributed by atoms with E-state index in [0.29, 0.717) is 4.52 Å². The lowest BCUT2D eigenvalue weighted by atomic mass is 10.2. The first-order valence-electron chi connectivity index (χ1n) is 6.78. The van der Waals surface area contributed by atoms with Crippen LogP contribution in [0.5, 0.6) is 0 Å². The average Bonchev–Trinajstić information content (AvgIpc) is 2.99. The molecule has 0 fully saturated rings. The summed E-state index contributed by atoms with van der Waals surface area (Å²) in [6.07, 6.45) is -4.86. The van der Waals surface area contributed by atoms with Gasteiger partial charge in [0.2, 0.25) is 5.78 Å². The molecule has 1 amide bonds. The summed E-state index contributed by atoms with van der Waals surface area (Å²) in [5.41, 5.74) is -1.31. The Morgan fingerprint density at radius 3 is 2.69 bits per heavy atom. The number of halogens is 3. The van der Waals surface area contributed by atoms with Crippen LogP contribution in [0.25, 0.3) is 5.78 Å². The van der Waals surface area contributed by atoms with Gasteiger partial charge in [-0.1, -0.05) is 6.07 Å². The first-order chi connectivity index (χ1) is 12.1. The molecule has 0 radical (unpaired) electrons. The predicted octanol–water partition coefficient (Wildman–Crippen LogP) is 1.60. The van der Waals surface area contributed by atoms with Crippen LogP contribution in [0.2, 0.25) is 0 Å². The van der Waals surface area contributed by atoms with Crippen molar-refractivity contribution < 1.29 is 22.9 Å². The molecule has 3 aromatic rings. The fourth-order valence-corrected chi connectivity index (χ4v) is 2.05. The minimum atomic E-state index is -4.86. The smallest absolute Gasteiger partial charge is 0.306 e. The number of hydrogen-bond donors (Lipinski definition) is 2. The maximum absolute atomic E-state index is 12.7. The summed E-state index contributed by atoms with van der Waals surface area (Å²) < 4.78 is 38.8. The van der Waals surface area contributed by atoms with Crippen molar-refractivity contribution in [2.75, 3.05) is 5.32 Å². The van der Waals surface area contributed by atoms with Crippen molar-refractivity contribution in [3.8, 4) is 0 Å². The van der Waals surface area contributed by atoms with Crippen LogP contribution in [0.3, 0.4) is 0 Å². The van der Waals surface area contributed by atoms with Gasteiger partial charge in [0.1, 0.15) is 5.82 Å². The SMILES string of the molecule is O=C(Nc1cc(=O)[nH]c2nc(C(F)(F)F)nn12)c1cccc([N+](=O)[O-])c1. The van der Waals surface area contributed by atoms with Crippen LogP contribution in [0, 0.1) is 10.1 Å². The van der Waals surface area contributed by atoms with Gasteiger partial charge in [0, 0.05) is 23.8 Å². The summed E-state index contributed by atoms with van der Waals surface area (Å²) in [6, 6.07) is 5.46. The molecule has 2 N–H and O–H groups in total. The first-order valence-corrected chi connectivity index (χ1v) is 6.78. The van der Waals surface area contributed by atoms with Gasteiger partial charge in [0.25, 0.3) is 23.0 Å². The summed E-state index contributed by atoms with van der Waals surface area (Å²) in [6.45, 7) is 0. The summed E-state index contributed by atoms with van der Waals surface area (Å²) in [4.78, 5) is 39.0. The highest BCUT2D eigenvalue weighted by atomic mass is 19.4. The molecule has 134 valence electrons. The Bertz CT molecular complexity index is 1090. The van der Waals surface area contributed by atoms with Crippen molar-refractivity contribution in [3.05, 3.63) is 62.2 Å². The number of anilines is 1. The largest absolute Gasteiger partial charge is 0.453 e. The van der Waals surface area contributed by atoms with Gasteiger partial charge in [-0.05, 0) is 6.07 Å². The quantitative estimate of drug-likeness (QED) is 0.532. The second-order valence-corrected chi connectivity index (χ2v) is 4.95. The number of non-ortho nitro benzene ring substituents is 1. The number of H-pyrrole nitrogens is 1. The minimum absolute atomic E-state index is 0.135. The number of fused-ring (bicyclic) bond motifs is 1. The molecule has 0 saturated carbocycles. The predicted molar refractivity (Wildman–Crippen MR) is 79.7 cm³/mol. The van der Waals surface area contributed by atoms with Crippen molar-refractivity contribution in [2.45, 2.75) is 6.18 Å². The van der Waals surface area contributed by atoms with Gasteiger partial charge in [0.15, 0.2) is 0 Å². The topological polar surface area (TPSA) is 135 Å². The summed E-state index contributed by atoms with van der Waals surface area (Å²) in [5.74, 6) is -3.31. The van der Waals surface area contributed by atoms with Crippen LogP contribution in [0.1, 0.15) is 16.2 Å². The number of rotatable bonds is 3. The molecule has 0 aliphatic heterocycles. The summed E-state index contributed by atoms with van der Waals surface area (Å²) in [7, 11) is 0. The molecule has 0 spiro atoms. The lowest BCUT2D eigenvalue weighted by Gasteiger charge is -2.06. The van der Waals surface area contributed by atoms with E-state index in [1.165, 1.54) is 12.1 Å². The summed E-state index contributed by atoms with van der Waals surface area (Å²) >= 11 is 0. The summed E-state index contributed by atoms with van der Waals surface area (Å²) in [5, 5.41) is 16.1. The number of amides is 1. The molecule has 10 nitrogen and oxygen atoms in total. The van der Waals surface area contributed by atoms with Crippen molar-refractivity contribution in [1.82, 2.24) is 19.6 Å². The van der Waals surface area contributed by atoms with Gasteiger partial charge in [-0.15, -0.1) is 5.10 Å². The van der Waals surface area contributed by atoms with Gasteiger partial charge < -0.3 is 5.32 Å². The molecular formula is C13H7F3N6O4. The minimum Gasteiger partial charge on any atom is -0.306 e. The monoisotopic (exact) mass is 368 g/mol. The third kappa shape index (κ3) is 3.22. The molecule has 0 atom stereocenters. The highest BCUT2D eigenvalue weighted by Crippen LogP contribution is 2.26. The molecular weight excluding hydrogens is 361 g/mol. The highest BCUT2D eigenvalue weighted by Gasteiger charge is 2.36. The number of nitrogens with zero attached hydrogens (tertiary/aromatic N) is 4. The molecule has 0 aliphatic carbocycles. The zero-order valence-electron chi connectivity index (χ0n) is 12.4. The normalized spacial score (nSPS) is 11.5. The van der Waals surface area contributed by atoms with E-state index in [2.05, 4.69) is 20.4 Å². The number of alkyl halides is 3. The Morgan fingerprint density at radius 2 is 2.04 bits per heavy atom. The number of aromatic nitrogens is 4. The van der Waals surface area contributed by atoms with Gasteiger partial charge >= 0.3 is 6.18 Å². The van der Waals surface area contributed by atoms with Crippen LogP contribution in [-0.4, -0.2) is 30.4 Å². The van der Waals surface area contributed by atoms with Crippen molar-refractivity contribution in [2.24, 2.45) is 0 Å². The van der Waals surface area contributed by atoms with E-state index in [-0.39, 0.29) is 17.1 Å². The number of carbonyl (C=O) groups is 1. The van der Waals surface area contributed by atoms with E-state index >= 15 is 0 Å². The number of nitro groups is 1. The zero-order valence-corrected chi connectivity index (χ0v) is 12.4. The number of aromatic amines is 1. The number of nitro benzene ring substituents is 1. The van der Waals surface area contributed by atoms with Crippen LogP contribution >= 0.6 is 0 Å². The van der Waals surface area contributed by atoms with Crippen LogP contribution < -0.4 is 10.9 Å². The van der Waals surface area contributed by atoms with E-state index in [1.807, 2.05) is 0 Å². The van der Waals surface area contributed by atoms with Gasteiger partial charge in [-0.2, -0.15) is 22.7 Å². The molecule has 13 heteroatoms. The molecule has 1 aromatic carbocycles. The Labute approximate surface area is 140 Å². The Morgan fingerprint density at radius 1 is 1.31 bits per heavy atom. The molecule has 3 rings (SSSR count). The van der Waals surface area contributed by atoms with Gasteiger partial charge in [-0.3, -0.25) is 24.7 Å². The lowest BCUT2D eigenvalue weighted by Crippen LogP contribution is -2.19. The first kappa shape index (κ1) is 17.1. The number of hydrogen-bond acceptors (Lipinski definition) is 6. The van der Waals surface area contributed by atoms with E-state index in [1.54, 1.807) is 0 Å². The fraction of sp³-hybridized carbons (Fsp3) is 0.0769. The van der Waals surface area contributed by atoms with Crippen LogP contribution in [-0.2, 0) is 6.18 Å². The highest BCUT2D eigenvalue weighted by molar-refractivity contribution is 6.04. The van der Waals surface area contributed by atoms with E-state index in [9.17, 15) is 32.9 Å². The van der Waals surface area contributed by atoms with Crippen molar-refractivity contribution in [3.63, 3.8) is 0 Å². The van der Waals surface area contributed by atoms with Crippen molar-refractivity contribution >= 4 is 23.2 Å². The maximum atomic E-state index is 12.7. The molecule has 0 aliphatic rings. The van der Waals surface area contributed by atoms with Crippen LogP contribution in [0.15, 0.2) is 35.1 Å². The third-order valence-electron chi connectivity index (χ3n) is 3.15. The molecule has 26 heavy (non-hydrogen) atoms. The number of nitrogens with one attached hydrogen (secondary N) is 2. The molecule has 0 unspecified atom stereocenters. The average molecular weight is 368 g/mol. The zero-order chi connectivity index (χ0) is 19.1. The number of carbonyl (C=O) groups excluding carboxylic acids is 1. The molecule has 0 bridgehead atoms. The molecule has 0 saturated heterocycles. The number of benzene rings is 1. The van der Waals surface area contributed by atoms with E-state index < -0.39 is 34.2 Å². The molecule has 2 heterocycles. The van der Waals surface area contributed by atoms with Crippen molar-refractivity contribution in [1.29, 1.82) is 0 Å².